The average molecular weight is 391 g/mol. The number of benzene rings is 1. The van der Waals surface area contributed by atoms with Gasteiger partial charge in [-0.05, 0) is 31.5 Å². The van der Waals surface area contributed by atoms with Crippen LogP contribution in [0.1, 0.15) is 19.8 Å². The number of halogens is 2. The molecule has 1 amide bonds. The summed E-state index contributed by atoms with van der Waals surface area (Å²) in [6, 6.07) is 8.10. The first kappa shape index (κ1) is 18.4. The second-order valence-corrected chi connectivity index (χ2v) is 8.03. The molecule has 0 spiro atoms. The van der Waals surface area contributed by atoms with Crippen molar-refractivity contribution in [2.24, 2.45) is 0 Å². The SMILES string of the molecule is C[C@@H]1C[C@H](F)CN1C(=O)CN1CC[C@@H](Nc2cc(Cl)c3ncccc3c2)C1. The lowest BCUT2D eigenvalue weighted by Crippen LogP contribution is -2.42. The molecule has 27 heavy (non-hydrogen) atoms. The molecule has 0 aliphatic carbocycles. The lowest BCUT2D eigenvalue weighted by molar-refractivity contribution is -0.132. The molecule has 3 atom stereocenters. The minimum absolute atomic E-state index is 0.00243. The van der Waals surface area contributed by atoms with E-state index in [4.69, 9.17) is 11.6 Å². The summed E-state index contributed by atoms with van der Waals surface area (Å²) >= 11 is 6.35. The number of rotatable bonds is 4. The maximum absolute atomic E-state index is 13.5. The first-order valence-corrected chi connectivity index (χ1v) is 9.84. The normalized spacial score (nSPS) is 26.0. The fraction of sp³-hybridized carbons (Fsp3) is 0.500. The number of aromatic nitrogens is 1. The molecule has 3 heterocycles. The van der Waals surface area contributed by atoms with Crippen molar-refractivity contribution in [2.75, 3.05) is 31.5 Å². The molecular formula is C20H24ClFN4O. The van der Waals surface area contributed by atoms with Crippen LogP contribution in [0.15, 0.2) is 30.5 Å². The van der Waals surface area contributed by atoms with Crippen molar-refractivity contribution in [3.05, 3.63) is 35.5 Å². The fourth-order valence-corrected chi connectivity index (χ4v) is 4.43. The van der Waals surface area contributed by atoms with E-state index in [9.17, 15) is 9.18 Å². The van der Waals surface area contributed by atoms with Crippen LogP contribution in [-0.4, -0.2) is 65.1 Å². The number of pyridine rings is 1. The van der Waals surface area contributed by atoms with Gasteiger partial charge in [0.15, 0.2) is 0 Å². The number of nitrogens with one attached hydrogen (secondary N) is 1. The number of hydrogen-bond acceptors (Lipinski definition) is 4. The van der Waals surface area contributed by atoms with Gasteiger partial charge in [0.05, 0.1) is 23.6 Å². The Bertz CT molecular complexity index is 848. The van der Waals surface area contributed by atoms with Crippen LogP contribution in [0.25, 0.3) is 10.9 Å². The number of anilines is 1. The van der Waals surface area contributed by atoms with Gasteiger partial charge >= 0.3 is 0 Å². The van der Waals surface area contributed by atoms with E-state index < -0.39 is 6.17 Å². The van der Waals surface area contributed by atoms with E-state index in [0.717, 1.165) is 36.1 Å². The third-order valence-corrected chi connectivity index (χ3v) is 5.79. The Kier molecular flexibility index (Phi) is 5.19. The van der Waals surface area contributed by atoms with Crippen molar-refractivity contribution >= 4 is 34.1 Å². The summed E-state index contributed by atoms with van der Waals surface area (Å²) in [6.45, 7) is 4.16. The Morgan fingerprint density at radius 3 is 3.04 bits per heavy atom. The molecule has 1 N–H and O–H groups in total. The Balaban J connectivity index is 1.35. The second-order valence-electron chi connectivity index (χ2n) is 7.63. The van der Waals surface area contributed by atoms with E-state index in [0.29, 0.717) is 18.0 Å². The molecule has 0 radical (unpaired) electrons. The molecule has 0 saturated carbocycles. The molecule has 4 rings (SSSR count). The number of hydrogen-bond donors (Lipinski definition) is 1. The lowest BCUT2D eigenvalue weighted by atomic mass is 10.1. The molecule has 0 bridgehead atoms. The molecule has 2 aliphatic heterocycles. The monoisotopic (exact) mass is 390 g/mol. The number of carbonyl (C=O) groups excluding carboxylic acids is 1. The van der Waals surface area contributed by atoms with E-state index in [-0.39, 0.29) is 24.5 Å². The molecule has 5 nitrogen and oxygen atoms in total. The standard InChI is InChI=1S/C20H24ClFN4O/c1-13-7-15(22)10-26(13)19(27)12-25-6-4-16(11-25)24-17-8-14-3-2-5-23-20(14)18(21)9-17/h2-3,5,8-9,13,15-16,24H,4,6-7,10-12H2,1H3/t13-,15+,16-/m1/s1. The summed E-state index contributed by atoms with van der Waals surface area (Å²) in [6.07, 6.45) is 2.26. The Hall–Kier alpha value is -1.92. The molecule has 0 unspecified atom stereocenters. The van der Waals surface area contributed by atoms with Gasteiger partial charge in [-0.3, -0.25) is 14.7 Å². The Morgan fingerprint density at radius 1 is 1.41 bits per heavy atom. The number of amides is 1. The van der Waals surface area contributed by atoms with Crippen LogP contribution >= 0.6 is 11.6 Å². The van der Waals surface area contributed by atoms with Crippen LogP contribution in [-0.2, 0) is 4.79 Å². The van der Waals surface area contributed by atoms with E-state index in [2.05, 4.69) is 21.3 Å². The van der Waals surface area contributed by atoms with Crippen LogP contribution in [0.5, 0.6) is 0 Å². The summed E-state index contributed by atoms with van der Waals surface area (Å²) in [5.74, 6) is 0.0307. The van der Waals surface area contributed by atoms with Gasteiger partial charge in [-0.1, -0.05) is 17.7 Å². The van der Waals surface area contributed by atoms with Gasteiger partial charge in [-0.2, -0.15) is 0 Å². The van der Waals surface area contributed by atoms with Crippen molar-refractivity contribution in [3.63, 3.8) is 0 Å². The predicted octanol–water partition coefficient (Wildman–Crippen LogP) is 3.33. The molecule has 2 aliphatic rings. The van der Waals surface area contributed by atoms with Crippen LogP contribution in [0.4, 0.5) is 10.1 Å². The third-order valence-electron chi connectivity index (χ3n) is 5.50. The van der Waals surface area contributed by atoms with Gasteiger partial charge in [-0.15, -0.1) is 0 Å². The molecular weight excluding hydrogens is 367 g/mol. The van der Waals surface area contributed by atoms with E-state index in [1.807, 2.05) is 25.1 Å². The quantitative estimate of drug-likeness (QED) is 0.869. The van der Waals surface area contributed by atoms with E-state index in [1.165, 1.54) is 0 Å². The average Bonchev–Trinajstić information content (AvgIpc) is 3.20. The highest BCUT2D eigenvalue weighted by atomic mass is 35.5. The number of fused-ring (bicyclic) bond motifs is 1. The molecule has 2 fully saturated rings. The number of likely N-dealkylation sites (tertiary alicyclic amines) is 2. The maximum Gasteiger partial charge on any atom is 0.237 e. The third kappa shape index (κ3) is 4.01. The summed E-state index contributed by atoms with van der Waals surface area (Å²) < 4.78 is 13.5. The minimum atomic E-state index is -0.885. The van der Waals surface area contributed by atoms with Gasteiger partial charge < -0.3 is 10.2 Å². The zero-order chi connectivity index (χ0) is 19.0. The van der Waals surface area contributed by atoms with Gasteiger partial charge in [-0.25, -0.2) is 4.39 Å². The van der Waals surface area contributed by atoms with Gasteiger partial charge in [0.2, 0.25) is 5.91 Å². The fourth-order valence-electron chi connectivity index (χ4n) is 4.16. The number of nitrogens with zero attached hydrogens (tertiary/aromatic N) is 3. The van der Waals surface area contributed by atoms with Gasteiger partial charge in [0, 0.05) is 48.9 Å². The lowest BCUT2D eigenvalue weighted by Gasteiger charge is -2.24. The molecule has 144 valence electrons. The van der Waals surface area contributed by atoms with E-state index >= 15 is 0 Å². The summed E-state index contributed by atoms with van der Waals surface area (Å²) in [5.41, 5.74) is 1.77. The van der Waals surface area contributed by atoms with Crippen molar-refractivity contribution in [3.8, 4) is 0 Å². The van der Waals surface area contributed by atoms with Crippen LogP contribution in [0.3, 0.4) is 0 Å². The Morgan fingerprint density at radius 2 is 2.26 bits per heavy atom. The van der Waals surface area contributed by atoms with Crippen LogP contribution in [0, 0.1) is 0 Å². The zero-order valence-corrected chi connectivity index (χ0v) is 16.1. The summed E-state index contributed by atoms with van der Waals surface area (Å²) in [4.78, 5) is 20.6. The van der Waals surface area contributed by atoms with E-state index in [1.54, 1.807) is 11.1 Å². The molecule has 1 aromatic carbocycles. The Labute approximate surface area is 163 Å². The van der Waals surface area contributed by atoms with Crippen molar-refractivity contribution in [1.29, 1.82) is 0 Å². The molecule has 2 saturated heterocycles. The zero-order valence-electron chi connectivity index (χ0n) is 15.4. The van der Waals surface area contributed by atoms with Gasteiger partial charge in [0.25, 0.3) is 0 Å². The van der Waals surface area contributed by atoms with Gasteiger partial charge in [0.1, 0.15) is 6.17 Å². The van der Waals surface area contributed by atoms with Crippen molar-refractivity contribution < 1.29 is 9.18 Å². The highest BCUT2D eigenvalue weighted by Gasteiger charge is 2.34. The molecule has 2 aromatic rings. The molecule has 7 heteroatoms. The van der Waals surface area contributed by atoms with Crippen LogP contribution in [0.2, 0.25) is 5.02 Å². The summed E-state index contributed by atoms with van der Waals surface area (Å²) in [7, 11) is 0. The first-order valence-electron chi connectivity index (χ1n) is 9.46. The van der Waals surface area contributed by atoms with Crippen LogP contribution < -0.4 is 5.32 Å². The highest BCUT2D eigenvalue weighted by molar-refractivity contribution is 6.35. The minimum Gasteiger partial charge on any atom is -0.381 e. The predicted molar refractivity (Wildman–Crippen MR) is 106 cm³/mol. The maximum atomic E-state index is 13.5. The van der Waals surface area contributed by atoms with Crippen molar-refractivity contribution in [2.45, 2.75) is 38.0 Å². The highest BCUT2D eigenvalue weighted by Crippen LogP contribution is 2.27. The molecule has 1 aromatic heterocycles. The smallest absolute Gasteiger partial charge is 0.237 e. The second kappa shape index (κ2) is 7.60. The van der Waals surface area contributed by atoms with Crippen molar-refractivity contribution in [1.82, 2.24) is 14.8 Å². The number of carbonyl (C=O) groups is 1. The first-order chi connectivity index (χ1) is 13.0. The summed E-state index contributed by atoms with van der Waals surface area (Å²) in [5, 5.41) is 5.15. The largest absolute Gasteiger partial charge is 0.381 e. The number of alkyl halides is 1. The topological polar surface area (TPSA) is 48.5 Å².